The van der Waals surface area contributed by atoms with Gasteiger partial charge in [0.25, 0.3) is 0 Å². The Balaban J connectivity index is 2.19. The lowest BCUT2D eigenvalue weighted by atomic mass is 9.92. The Morgan fingerprint density at radius 1 is 0.867 bits per heavy atom. The molecule has 0 radical (unpaired) electrons. The Labute approximate surface area is 88.3 Å². The van der Waals surface area contributed by atoms with E-state index in [-0.39, 0.29) is 0 Å². The summed E-state index contributed by atoms with van der Waals surface area (Å²) in [6.45, 7) is 0. The molecule has 2 fully saturated rings. The van der Waals surface area contributed by atoms with Gasteiger partial charge in [0.2, 0.25) is 0 Å². The molecule has 2 rings (SSSR count). The van der Waals surface area contributed by atoms with Gasteiger partial charge in [0.1, 0.15) is 0 Å². The molecule has 0 aliphatic heterocycles. The van der Waals surface area contributed by atoms with Gasteiger partial charge in [0.05, 0.1) is 11.8 Å². The van der Waals surface area contributed by atoms with Gasteiger partial charge in [-0.3, -0.25) is 9.59 Å². The normalized spacial score (nSPS) is 33.3. The SMILES string of the molecule is O=C(O)C1C(C(=O)O)C12CCCCCC2. The monoisotopic (exact) mass is 212 g/mol. The number of rotatable bonds is 2. The lowest BCUT2D eigenvalue weighted by Gasteiger charge is -2.12. The first-order valence-corrected chi connectivity index (χ1v) is 5.55. The number of carboxylic acid groups (broad SMARTS) is 2. The summed E-state index contributed by atoms with van der Waals surface area (Å²) >= 11 is 0. The largest absolute Gasteiger partial charge is 0.481 e. The van der Waals surface area contributed by atoms with E-state index in [1.54, 1.807) is 0 Å². The molecule has 4 nitrogen and oxygen atoms in total. The maximum atomic E-state index is 11.0. The molecule has 84 valence electrons. The van der Waals surface area contributed by atoms with Gasteiger partial charge in [-0.2, -0.15) is 0 Å². The van der Waals surface area contributed by atoms with Crippen LogP contribution in [0.15, 0.2) is 0 Å². The van der Waals surface area contributed by atoms with Crippen LogP contribution in [-0.4, -0.2) is 22.2 Å². The molecule has 0 heterocycles. The van der Waals surface area contributed by atoms with Crippen LogP contribution < -0.4 is 0 Å². The average Bonchev–Trinajstić information content (AvgIpc) is 2.86. The summed E-state index contributed by atoms with van der Waals surface area (Å²) in [6.07, 6.45) is 5.74. The van der Waals surface area contributed by atoms with Crippen LogP contribution in [0.3, 0.4) is 0 Å². The molecule has 0 bridgehead atoms. The number of carbonyl (C=O) groups is 2. The van der Waals surface area contributed by atoms with Gasteiger partial charge in [0.15, 0.2) is 0 Å². The van der Waals surface area contributed by atoms with E-state index in [4.69, 9.17) is 10.2 Å². The predicted molar refractivity (Wildman–Crippen MR) is 52.4 cm³/mol. The molecule has 0 amide bonds. The third-order valence-corrected chi connectivity index (χ3v) is 4.03. The van der Waals surface area contributed by atoms with Gasteiger partial charge in [-0.25, -0.2) is 0 Å². The molecule has 0 aromatic heterocycles. The second kappa shape index (κ2) is 3.51. The predicted octanol–water partition coefficient (Wildman–Crippen LogP) is 1.74. The molecule has 2 atom stereocenters. The second-order valence-corrected chi connectivity index (χ2v) is 4.78. The minimum absolute atomic E-state index is 0.409. The first-order valence-electron chi connectivity index (χ1n) is 5.55. The zero-order chi connectivity index (χ0) is 11.1. The first kappa shape index (κ1) is 10.5. The van der Waals surface area contributed by atoms with Crippen molar-refractivity contribution in [3.8, 4) is 0 Å². The molecule has 2 saturated carbocycles. The van der Waals surface area contributed by atoms with E-state index in [1.807, 2.05) is 0 Å². The van der Waals surface area contributed by atoms with Crippen LogP contribution in [0.5, 0.6) is 0 Å². The smallest absolute Gasteiger partial charge is 0.307 e. The van der Waals surface area contributed by atoms with Crippen molar-refractivity contribution in [3.05, 3.63) is 0 Å². The summed E-state index contributed by atoms with van der Waals surface area (Å²) in [6, 6.07) is 0. The van der Waals surface area contributed by atoms with E-state index in [9.17, 15) is 9.59 Å². The molecular weight excluding hydrogens is 196 g/mol. The zero-order valence-electron chi connectivity index (χ0n) is 8.61. The average molecular weight is 212 g/mol. The highest BCUT2D eigenvalue weighted by atomic mass is 16.4. The van der Waals surface area contributed by atoms with Crippen molar-refractivity contribution in [2.24, 2.45) is 17.3 Å². The van der Waals surface area contributed by atoms with Gasteiger partial charge < -0.3 is 10.2 Å². The van der Waals surface area contributed by atoms with E-state index >= 15 is 0 Å². The quantitative estimate of drug-likeness (QED) is 0.731. The maximum Gasteiger partial charge on any atom is 0.307 e. The van der Waals surface area contributed by atoms with Crippen LogP contribution in [0.1, 0.15) is 38.5 Å². The molecule has 2 aliphatic carbocycles. The fourth-order valence-electron chi connectivity index (χ4n) is 3.28. The summed E-state index contributed by atoms with van der Waals surface area (Å²) < 4.78 is 0. The van der Waals surface area contributed by atoms with Crippen LogP contribution in [0.4, 0.5) is 0 Å². The van der Waals surface area contributed by atoms with Gasteiger partial charge in [-0.15, -0.1) is 0 Å². The van der Waals surface area contributed by atoms with Crippen LogP contribution >= 0.6 is 0 Å². The number of hydrogen-bond donors (Lipinski definition) is 2. The molecule has 4 heteroatoms. The Hall–Kier alpha value is -1.06. The number of carboxylic acids is 2. The highest BCUT2D eigenvalue weighted by molar-refractivity contribution is 5.88. The minimum Gasteiger partial charge on any atom is -0.481 e. The molecule has 2 N–H and O–H groups in total. The van der Waals surface area contributed by atoms with E-state index in [0.717, 1.165) is 38.5 Å². The standard InChI is InChI=1S/C11H16O4/c12-9(13)7-8(10(14)15)11(7)5-3-1-2-4-6-11/h7-8H,1-6H2,(H,12,13)(H,14,15). The van der Waals surface area contributed by atoms with Gasteiger partial charge >= 0.3 is 11.9 Å². The van der Waals surface area contributed by atoms with E-state index < -0.39 is 29.2 Å². The highest BCUT2D eigenvalue weighted by Crippen LogP contribution is 2.65. The first-order chi connectivity index (χ1) is 7.09. The maximum absolute atomic E-state index is 11.0. The van der Waals surface area contributed by atoms with E-state index in [1.165, 1.54) is 0 Å². The van der Waals surface area contributed by atoms with Crippen molar-refractivity contribution in [1.29, 1.82) is 0 Å². The molecule has 0 aromatic carbocycles. The Morgan fingerprint density at radius 2 is 1.27 bits per heavy atom. The van der Waals surface area contributed by atoms with Crippen molar-refractivity contribution in [2.45, 2.75) is 38.5 Å². The van der Waals surface area contributed by atoms with Crippen molar-refractivity contribution in [3.63, 3.8) is 0 Å². The van der Waals surface area contributed by atoms with E-state index in [0.29, 0.717) is 0 Å². The summed E-state index contributed by atoms with van der Waals surface area (Å²) in [5, 5.41) is 18.0. The van der Waals surface area contributed by atoms with Gasteiger partial charge in [-0.05, 0) is 18.3 Å². The van der Waals surface area contributed by atoms with Gasteiger partial charge in [-0.1, -0.05) is 25.7 Å². The summed E-state index contributed by atoms with van der Waals surface area (Å²) in [4.78, 5) is 22.0. The Morgan fingerprint density at radius 3 is 1.60 bits per heavy atom. The number of hydrogen-bond acceptors (Lipinski definition) is 2. The third kappa shape index (κ3) is 1.52. The minimum atomic E-state index is -0.927. The molecule has 0 aromatic rings. The topological polar surface area (TPSA) is 74.6 Å². The lowest BCUT2D eigenvalue weighted by Crippen LogP contribution is -2.10. The molecule has 2 unspecified atom stereocenters. The van der Waals surface area contributed by atoms with Crippen LogP contribution in [0.2, 0.25) is 0 Å². The molecular formula is C11H16O4. The fourth-order valence-corrected chi connectivity index (χ4v) is 3.28. The van der Waals surface area contributed by atoms with Crippen molar-refractivity contribution >= 4 is 11.9 Å². The third-order valence-electron chi connectivity index (χ3n) is 4.03. The number of aliphatic carboxylic acids is 2. The molecule has 1 spiro atoms. The summed E-state index contributed by atoms with van der Waals surface area (Å²) in [5.74, 6) is -3.12. The zero-order valence-corrected chi connectivity index (χ0v) is 8.61. The fraction of sp³-hybridized carbons (Fsp3) is 0.818. The highest BCUT2D eigenvalue weighted by Gasteiger charge is 2.70. The van der Waals surface area contributed by atoms with Crippen molar-refractivity contribution in [1.82, 2.24) is 0 Å². The summed E-state index contributed by atoms with van der Waals surface area (Å²) in [7, 11) is 0. The van der Waals surface area contributed by atoms with Crippen LogP contribution in [0, 0.1) is 17.3 Å². The Kier molecular flexibility index (Phi) is 2.44. The van der Waals surface area contributed by atoms with Crippen molar-refractivity contribution < 1.29 is 19.8 Å². The van der Waals surface area contributed by atoms with Gasteiger partial charge in [0, 0.05) is 0 Å². The van der Waals surface area contributed by atoms with E-state index in [2.05, 4.69) is 0 Å². The lowest BCUT2D eigenvalue weighted by molar-refractivity contribution is -0.144. The Bertz CT molecular complexity index is 267. The molecule has 2 aliphatic rings. The summed E-state index contributed by atoms with van der Waals surface area (Å²) in [5.41, 5.74) is -0.409. The second-order valence-electron chi connectivity index (χ2n) is 4.78. The molecule has 15 heavy (non-hydrogen) atoms. The molecule has 0 saturated heterocycles. The van der Waals surface area contributed by atoms with Crippen LogP contribution in [-0.2, 0) is 9.59 Å². The van der Waals surface area contributed by atoms with Crippen molar-refractivity contribution in [2.75, 3.05) is 0 Å². The van der Waals surface area contributed by atoms with Crippen LogP contribution in [0.25, 0.3) is 0 Å².